The number of rotatable bonds is 4. The highest BCUT2D eigenvalue weighted by Crippen LogP contribution is 2.29. The van der Waals surface area contributed by atoms with Crippen LogP contribution in [-0.2, 0) is 11.3 Å². The summed E-state index contributed by atoms with van der Waals surface area (Å²) in [6.45, 7) is 2.62. The first-order chi connectivity index (χ1) is 10.7. The molecule has 0 bridgehead atoms. The molecule has 0 spiro atoms. The predicted octanol–water partition coefficient (Wildman–Crippen LogP) is 2.55. The number of likely N-dealkylation sites (tertiary alicyclic amines) is 1. The average Bonchev–Trinajstić information content (AvgIpc) is 2.55. The molecule has 3 rings (SSSR count). The van der Waals surface area contributed by atoms with Gasteiger partial charge in [-0.3, -0.25) is 9.69 Å². The molecular formula is C18H22N2O2. The molecule has 2 aromatic carbocycles. The van der Waals surface area contributed by atoms with Crippen molar-refractivity contribution in [3.63, 3.8) is 0 Å². The van der Waals surface area contributed by atoms with Crippen molar-refractivity contribution in [3.05, 3.63) is 42.0 Å². The van der Waals surface area contributed by atoms with Crippen LogP contribution in [0.2, 0.25) is 0 Å². The van der Waals surface area contributed by atoms with Crippen LogP contribution in [0, 0.1) is 5.92 Å². The van der Waals surface area contributed by atoms with Crippen molar-refractivity contribution < 1.29 is 9.53 Å². The van der Waals surface area contributed by atoms with Crippen molar-refractivity contribution in [2.24, 2.45) is 11.7 Å². The second-order valence-corrected chi connectivity index (χ2v) is 5.95. The lowest BCUT2D eigenvalue weighted by molar-refractivity contribution is -0.123. The van der Waals surface area contributed by atoms with Gasteiger partial charge in [0.15, 0.2) is 0 Å². The van der Waals surface area contributed by atoms with E-state index in [-0.39, 0.29) is 11.8 Å². The monoisotopic (exact) mass is 298 g/mol. The van der Waals surface area contributed by atoms with Gasteiger partial charge in [-0.15, -0.1) is 0 Å². The molecule has 1 amide bonds. The molecule has 0 aromatic heterocycles. The molecule has 116 valence electrons. The Kier molecular flexibility index (Phi) is 4.29. The standard InChI is InChI=1S/C18H22N2O2/c1-22-17-9-8-13(15-6-2-3-7-16(15)17)11-20-10-4-5-14(12-20)18(19)21/h2-3,6-9,14H,4-5,10-12H2,1H3,(H2,19,21). The van der Waals surface area contributed by atoms with Crippen molar-refractivity contribution >= 4 is 16.7 Å². The highest BCUT2D eigenvalue weighted by atomic mass is 16.5. The number of piperidine rings is 1. The Morgan fingerprint density at radius 1 is 1.27 bits per heavy atom. The van der Waals surface area contributed by atoms with Crippen molar-refractivity contribution in [3.8, 4) is 5.75 Å². The molecule has 4 heteroatoms. The summed E-state index contributed by atoms with van der Waals surface area (Å²) < 4.78 is 5.45. The van der Waals surface area contributed by atoms with Gasteiger partial charge in [-0.05, 0) is 36.4 Å². The number of methoxy groups -OCH3 is 1. The molecule has 1 aliphatic rings. The Morgan fingerprint density at radius 3 is 2.77 bits per heavy atom. The van der Waals surface area contributed by atoms with E-state index in [0.717, 1.165) is 43.6 Å². The second kappa shape index (κ2) is 6.36. The number of nitrogens with two attached hydrogens (primary N) is 1. The van der Waals surface area contributed by atoms with E-state index in [2.05, 4.69) is 23.1 Å². The van der Waals surface area contributed by atoms with Crippen molar-refractivity contribution in [1.29, 1.82) is 0 Å². The molecule has 0 aliphatic carbocycles. The zero-order chi connectivity index (χ0) is 15.5. The van der Waals surface area contributed by atoms with Gasteiger partial charge in [0.25, 0.3) is 0 Å². The molecule has 1 heterocycles. The van der Waals surface area contributed by atoms with Crippen LogP contribution in [0.1, 0.15) is 18.4 Å². The number of carbonyl (C=O) groups is 1. The van der Waals surface area contributed by atoms with Crippen LogP contribution in [0.5, 0.6) is 5.75 Å². The topological polar surface area (TPSA) is 55.6 Å². The van der Waals surface area contributed by atoms with Crippen LogP contribution >= 0.6 is 0 Å². The lowest BCUT2D eigenvalue weighted by atomic mass is 9.96. The van der Waals surface area contributed by atoms with Crippen LogP contribution in [-0.4, -0.2) is 31.0 Å². The summed E-state index contributed by atoms with van der Waals surface area (Å²) in [5.41, 5.74) is 6.73. The van der Waals surface area contributed by atoms with E-state index in [1.54, 1.807) is 7.11 Å². The van der Waals surface area contributed by atoms with Crippen molar-refractivity contribution in [2.75, 3.05) is 20.2 Å². The normalized spacial score (nSPS) is 19.2. The number of fused-ring (bicyclic) bond motifs is 1. The Balaban J connectivity index is 1.86. The van der Waals surface area contributed by atoms with Gasteiger partial charge in [0.1, 0.15) is 5.75 Å². The Hall–Kier alpha value is -2.07. The third kappa shape index (κ3) is 2.92. The van der Waals surface area contributed by atoms with Gasteiger partial charge in [0.05, 0.1) is 13.0 Å². The maximum atomic E-state index is 11.4. The number of hydrogen-bond donors (Lipinski definition) is 1. The van der Waals surface area contributed by atoms with E-state index in [4.69, 9.17) is 10.5 Å². The molecule has 0 radical (unpaired) electrons. The third-order valence-corrected chi connectivity index (χ3v) is 4.50. The summed E-state index contributed by atoms with van der Waals surface area (Å²) in [7, 11) is 1.70. The van der Waals surface area contributed by atoms with Crippen LogP contribution < -0.4 is 10.5 Å². The number of amides is 1. The largest absolute Gasteiger partial charge is 0.496 e. The zero-order valence-electron chi connectivity index (χ0n) is 12.9. The molecule has 1 fully saturated rings. The molecule has 1 unspecified atom stereocenters. The molecule has 2 N–H and O–H groups in total. The zero-order valence-corrected chi connectivity index (χ0v) is 12.9. The summed E-state index contributed by atoms with van der Waals surface area (Å²) in [4.78, 5) is 13.8. The lowest BCUT2D eigenvalue weighted by Gasteiger charge is -2.31. The molecule has 0 saturated carbocycles. The Morgan fingerprint density at radius 2 is 2.05 bits per heavy atom. The SMILES string of the molecule is COc1ccc(CN2CCCC(C(N)=O)C2)c2ccccc12. The molecular weight excluding hydrogens is 276 g/mol. The molecule has 1 atom stereocenters. The fourth-order valence-corrected chi connectivity index (χ4v) is 3.32. The van der Waals surface area contributed by atoms with E-state index in [9.17, 15) is 4.79 Å². The van der Waals surface area contributed by atoms with E-state index >= 15 is 0 Å². The van der Waals surface area contributed by atoms with Gasteiger partial charge >= 0.3 is 0 Å². The van der Waals surface area contributed by atoms with Crippen LogP contribution in [0.15, 0.2) is 36.4 Å². The number of hydrogen-bond acceptors (Lipinski definition) is 3. The highest BCUT2D eigenvalue weighted by molar-refractivity contribution is 5.91. The van der Waals surface area contributed by atoms with Gasteiger partial charge in [-0.1, -0.05) is 30.3 Å². The maximum absolute atomic E-state index is 11.4. The predicted molar refractivity (Wildman–Crippen MR) is 87.7 cm³/mol. The first-order valence-electron chi connectivity index (χ1n) is 7.75. The molecule has 2 aromatic rings. The van der Waals surface area contributed by atoms with Crippen LogP contribution in [0.3, 0.4) is 0 Å². The van der Waals surface area contributed by atoms with Gasteiger partial charge < -0.3 is 10.5 Å². The first kappa shape index (κ1) is 14.9. The van der Waals surface area contributed by atoms with E-state index in [1.807, 2.05) is 18.2 Å². The molecule has 1 saturated heterocycles. The minimum absolute atomic E-state index is 0.0155. The van der Waals surface area contributed by atoms with Gasteiger partial charge in [-0.2, -0.15) is 0 Å². The maximum Gasteiger partial charge on any atom is 0.221 e. The van der Waals surface area contributed by atoms with E-state index < -0.39 is 0 Å². The van der Waals surface area contributed by atoms with Crippen molar-refractivity contribution in [1.82, 2.24) is 4.90 Å². The molecule has 4 nitrogen and oxygen atoms in total. The third-order valence-electron chi connectivity index (χ3n) is 4.50. The highest BCUT2D eigenvalue weighted by Gasteiger charge is 2.24. The van der Waals surface area contributed by atoms with Gasteiger partial charge in [0.2, 0.25) is 5.91 Å². The number of carbonyl (C=O) groups excluding carboxylic acids is 1. The van der Waals surface area contributed by atoms with E-state index in [0.29, 0.717) is 0 Å². The summed E-state index contributed by atoms with van der Waals surface area (Å²) in [5.74, 6) is 0.704. The fourth-order valence-electron chi connectivity index (χ4n) is 3.32. The number of primary amides is 1. The van der Waals surface area contributed by atoms with Gasteiger partial charge in [0, 0.05) is 18.5 Å². The number of nitrogens with zero attached hydrogens (tertiary/aromatic N) is 1. The smallest absolute Gasteiger partial charge is 0.221 e. The van der Waals surface area contributed by atoms with E-state index in [1.165, 1.54) is 10.9 Å². The van der Waals surface area contributed by atoms with Crippen LogP contribution in [0.4, 0.5) is 0 Å². The summed E-state index contributed by atoms with van der Waals surface area (Å²) >= 11 is 0. The summed E-state index contributed by atoms with van der Waals surface area (Å²) in [6.07, 6.45) is 1.94. The van der Waals surface area contributed by atoms with Gasteiger partial charge in [-0.25, -0.2) is 0 Å². The fraction of sp³-hybridized carbons (Fsp3) is 0.389. The first-order valence-corrected chi connectivity index (χ1v) is 7.75. The number of benzene rings is 2. The Labute approximate surface area is 130 Å². The average molecular weight is 298 g/mol. The summed E-state index contributed by atoms with van der Waals surface area (Å²) in [6, 6.07) is 12.4. The molecule has 22 heavy (non-hydrogen) atoms. The minimum Gasteiger partial charge on any atom is -0.496 e. The molecule has 1 aliphatic heterocycles. The van der Waals surface area contributed by atoms with Crippen molar-refractivity contribution in [2.45, 2.75) is 19.4 Å². The second-order valence-electron chi connectivity index (χ2n) is 5.95. The Bertz CT molecular complexity index is 684. The quantitative estimate of drug-likeness (QED) is 0.943. The lowest BCUT2D eigenvalue weighted by Crippen LogP contribution is -2.40. The van der Waals surface area contributed by atoms with Crippen LogP contribution in [0.25, 0.3) is 10.8 Å². The number of ether oxygens (including phenoxy) is 1. The summed E-state index contributed by atoms with van der Waals surface area (Å²) in [5, 5.41) is 2.34. The minimum atomic E-state index is -0.177.